The smallest absolute Gasteiger partial charge is 0.261 e. The minimum absolute atomic E-state index is 0.247. The highest BCUT2D eigenvalue weighted by molar-refractivity contribution is 9.10. The number of aromatic nitrogens is 5. The molecule has 0 saturated heterocycles. The van der Waals surface area contributed by atoms with Crippen LogP contribution in [0, 0.1) is 0 Å². The second-order valence-electron chi connectivity index (χ2n) is 5.84. The fourth-order valence-corrected chi connectivity index (χ4v) is 4.06. The van der Waals surface area contributed by atoms with Crippen LogP contribution in [0.5, 0.6) is 0 Å². The van der Waals surface area contributed by atoms with Crippen LogP contribution < -0.4 is 5.56 Å². The minimum atomic E-state index is -0.247. The molecule has 1 aromatic carbocycles. The highest BCUT2D eigenvalue weighted by Crippen LogP contribution is 2.30. The number of pyridine rings is 1. The third kappa shape index (κ3) is 3.22. The molecule has 0 atom stereocenters. The van der Waals surface area contributed by atoms with E-state index in [0.717, 1.165) is 0 Å². The van der Waals surface area contributed by atoms with Gasteiger partial charge in [0.25, 0.3) is 5.56 Å². The molecule has 0 N–H and O–H groups in total. The maximum Gasteiger partial charge on any atom is 0.261 e. The van der Waals surface area contributed by atoms with Gasteiger partial charge in [-0.05, 0) is 47.1 Å². The zero-order chi connectivity index (χ0) is 20.0. The van der Waals surface area contributed by atoms with Crippen molar-refractivity contribution >= 4 is 61.6 Å². The zero-order valence-corrected chi connectivity index (χ0v) is 18.2. The van der Waals surface area contributed by atoms with Crippen LogP contribution in [0.25, 0.3) is 28.2 Å². The van der Waals surface area contributed by atoms with E-state index in [1.165, 1.54) is 9.25 Å². The van der Waals surface area contributed by atoms with E-state index in [9.17, 15) is 4.79 Å². The molecule has 0 aliphatic rings. The van der Waals surface area contributed by atoms with Crippen LogP contribution >= 0.6 is 50.7 Å². The van der Waals surface area contributed by atoms with Gasteiger partial charge in [0.05, 0.1) is 20.9 Å². The van der Waals surface area contributed by atoms with Crippen molar-refractivity contribution in [1.29, 1.82) is 0 Å². The molecule has 142 valence electrons. The second-order valence-corrected chi connectivity index (χ2v) is 7.90. The summed E-state index contributed by atoms with van der Waals surface area (Å²) in [4.78, 5) is 22.1. The number of nitrogens with zero attached hydrogens (tertiary/aromatic N) is 5. The van der Waals surface area contributed by atoms with Crippen LogP contribution in [0.15, 0.2) is 45.9 Å². The summed E-state index contributed by atoms with van der Waals surface area (Å²) in [5.41, 5.74) is 0.661. The SMILES string of the molecule is CCn1c(-c2cc(Br)nn2-c2ncccc2Cl)nc2c(Cl)cc(Cl)cc2c1=O. The molecule has 4 rings (SSSR count). The van der Waals surface area contributed by atoms with Gasteiger partial charge in [-0.1, -0.05) is 34.8 Å². The van der Waals surface area contributed by atoms with Gasteiger partial charge in [0.15, 0.2) is 11.6 Å². The van der Waals surface area contributed by atoms with Gasteiger partial charge in [-0.15, -0.1) is 0 Å². The van der Waals surface area contributed by atoms with Crippen molar-refractivity contribution in [1.82, 2.24) is 24.3 Å². The largest absolute Gasteiger partial charge is 0.291 e. The van der Waals surface area contributed by atoms with Crippen molar-refractivity contribution in [2.24, 2.45) is 0 Å². The molecule has 0 amide bonds. The first-order chi connectivity index (χ1) is 13.4. The number of fused-ring (bicyclic) bond motifs is 1. The Hall–Kier alpha value is -1.93. The van der Waals surface area contributed by atoms with Crippen LogP contribution in [0.2, 0.25) is 15.1 Å². The molecule has 6 nitrogen and oxygen atoms in total. The van der Waals surface area contributed by atoms with E-state index >= 15 is 0 Å². The third-order valence-electron chi connectivity index (χ3n) is 4.14. The quantitative estimate of drug-likeness (QED) is 0.379. The van der Waals surface area contributed by atoms with Crippen LogP contribution in [0.4, 0.5) is 0 Å². The monoisotopic (exact) mass is 497 g/mol. The van der Waals surface area contributed by atoms with Gasteiger partial charge in [-0.3, -0.25) is 9.36 Å². The number of hydrogen-bond donors (Lipinski definition) is 0. The Balaban J connectivity index is 2.09. The first-order valence-electron chi connectivity index (χ1n) is 8.17. The van der Waals surface area contributed by atoms with Crippen LogP contribution in [0.3, 0.4) is 0 Å². The lowest BCUT2D eigenvalue weighted by atomic mass is 10.2. The lowest BCUT2D eigenvalue weighted by molar-refractivity contribution is 0.716. The number of halogens is 4. The van der Waals surface area contributed by atoms with Gasteiger partial charge in [0.1, 0.15) is 10.3 Å². The summed E-state index contributed by atoms with van der Waals surface area (Å²) in [6.45, 7) is 2.24. The number of rotatable bonds is 3. The van der Waals surface area contributed by atoms with Gasteiger partial charge in [-0.2, -0.15) is 5.10 Å². The van der Waals surface area contributed by atoms with Gasteiger partial charge >= 0.3 is 0 Å². The summed E-state index contributed by atoms with van der Waals surface area (Å²) in [6, 6.07) is 8.30. The Morgan fingerprint density at radius 3 is 2.64 bits per heavy atom. The Kier molecular flexibility index (Phi) is 5.18. The minimum Gasteiger partial charge on any atom is -0.291 e. The predicted molar refractivity (Wildman–Crippen MR) is 115 cm³/mol. The summed E-state index contributed by atoms with van der Waals surface area (Å²) in [6.07, 6.45) is 1.61. The van der Waals surface area contributed by atoms with Gasteiger partial charge in [0.2, 0.25) is 0 Å². The Morgan fingerprint density at radius 2 is 1.93 bits per heavy atom. The first kappa shape index (κ1) is 19.4. The first-order valence-corrected chi connectivity index (χ1v) is 10.1. The van der Waals surface area contributed by atoms with Gasteiger partial charge in [-0.25, -0.2) is 14.6 Å². The molecular weight excluding hydrogens is 488 g/mol. The average molecular weight is 500 g/mol. The summed E-state index contributed by atoms with van der Waals surface area (Å²) >= 11 is 22.1. The van der Waals surface area contributed by atoms with Crippen molar-refractivity contribution in [2.45, 2.75) is 13.5 Å². The summed E-state index contributed by atoms with van der Waals surface area (Å²) < 4.78 is 3.62. The third-order valence-corrected chi connectivity index (χ3v) is 5.33. The molecule has 0 radical (unpaired) electrons. The van der Waals surface area contributed by atoms with Crippen LogP contribution in [-0.2, 0) is 6.54 Å². The summed E-state index contributed by atoms with van der Waals surface area (Å²) in [5, 5.41) is 5.85. The molecular formula is C18H11BrCl3N5O. The predicted octanol–water partition coefficient (Wildman–Crippen LogP) is 5.39. The van der Waals surface area contributed by atoms with E-state index in [1.807, 2.05) is 6.92 Å². The Morgan fingerprint density at radius 1 is 1.14 bits per heavy atom. The van der Waals surface area contributed by atoms with Crippen molar-refractivity contribution in [3.63, 3.8) is 0 Å². The molecule has 10 heteroatoms. The topological polar surface area (TPSA) is 65.6 Å². The highest BCUT2D eigenvalue weighted by Gasteiger charge is 2.21. The normalized spacial score (nSPS) is 11.3. The van der Waals surface area contributed by atoms with E-state index in [-0.39, 0.29) is 5.56 Å². The Labute approximate surface area is 182 Å². The maximum absolute atomic E-state index is 13.1. The average Bonchev–Trinajstić information content (AvgIpc) is 3.04. The summed E-state index contributed by atoms with van der Waals surface area (Å²) in [5.74, 6) is 0.813. The molecule has 0 aliphatic heterocycles. The lowest BCUT2D eigenvalue weighted by Crippen LogP contribution is -2.23. The molecule has 0 saturated carbocycles. The fourth-order valence-electron chi connectivity index (χ4n) is 2.95. The van der Waals surface area contributed by atoms with Gasteiger partial charge in [0, 0.05) is 23.8 Å². The van der Waals surface area contributed by atoms with Crippen molar-refractivity contribution in [3.05, 3.63) is 66.6 Å². The van der Waals surface area contributed by atoms with Crippen LogP contribution in [-0.4, -0.2) is 24.3 Å². The second kappa shape index (κ2) is 7.48. The maximum atomic E-state index is 13.1. The lowest BCUT2D eigenvalue weighted by Gasteiger charge is -2.14. The zero-order valence-electron chi connectivity index (χ0n) is 14.3. The van der Waals surface area contributed by atoms with Gasteiger partial charge < -0.3 is 0 Å². The molecule has 28 heavy (non-hydrogen) atoms. The molecule has 0 unspecified atom stereocenters. The summed E-state index contributed by atoms with van der Waals surface area (Å²) in [7, 11) is 0. The molecule has 0 aliphatic carbocycles. The van der Waals surface area contributed by atoms with Crippen molar-refractivity contribution < 1.29 is 0 Å². The van der Waals surface area contributed by atoms with E-state index < -0.39 is 0 Å². The number of benzene rings is 1. The molecule has 0 bridgehead atoms. The van der Waals surface area contributed by atoms with Crippen LogP contribution in [0.1, 0.15) is 6.92 Å². The molecule has 3 aromatic heterocycles. The molecule has 3 heterocycles. The van der Waals surface area contributed by atoms with E-state index in [1.54, 1.807) is 36.5 Å². The highest BCUT2D eigenvalue weighted by atomic mass is 79.9. The molecule has 4 aromatic rings. The Bertz CT molecular complexity index is 1280. The standard InChI is InChI=1S/C18H11BrCl3N5O/c1-2-26-17(24-15-10(18(26)28)6-9(20)7-12(15)22)13-8-14(19)25-27(13)16-11(21)4-3-5-23-16/h3-8H,2H2,1H3. The fraction of sp³-hybridized carbons (Fsp3) is 0.111. The van der Waals surface area contributed by atoms with Crippen molar-refractivity contribution in [3.8, 4) is 17.3 Å². The van der Waals surface area contributed by atoms with E-state index in [2.05, 4.69) is 31.0 Å². The van der Waals surface area contributed by atoms with E-state index in [0.29, 0.717) is 54.5 Å². The molecule has 0 fully saturated rings. The number of hydrogen-bond acceptors (Lipinski definition) is 4. The molecule has 0 spiro atoms. The van der Waals surface area contributed by atoms with E-state index in [4.69, 9.17) is 34.8 Å². The van der Waals surface area contributed by atoms with Crippen molar-refractivity contribution in [2.75, 3.05) is 0 Å².